The minimum absolute atomic E-state index is 0.148. The van der Waals surface area contributed by atoms with Crippen LogP contribution in [0.25, 0.3) is 0 Å². The molecule has 2 rings (SSSR count). The van der Waals surface area contributed by atoms with Crippen LogP contribution in [0, 0.1) is 5.82 Å². The molecule has 0 unspecified atom stereocenters. The highest BCUT2D eigenvalue weighted by Gasteiger charge is 2.12. The minimum Gasteiger partial charge on any atom is -0.494 e. The summed E-state index contributed by atoms with van der Waals surface area (Å²) in [6.45, 7) is 5.51. The number of carbonyl (C=O) groups is 1. The van der Waals surface area contributed by atoms with E-state index in [0.29, 0.717) is 18.8 Å². The first-order valence-corrected chi connectivity index (χ1v) is 12.5. The first-order valence-electron chi connectivity index (χ1n) is 12.5. The van der Waals surface area contributed by atoms with E-state index in [1.807, 2.05) is 0 Å². The molecule has 0 heterocycles. The Hall–Kier alpha value is -2.56. The number of benzene rings is 2. The number of rotatable bonds is 17. The molecule has 4 nitrogen and oxygen atoms in total. The quantitative estimate of drug-likeness (QED) is 0.136. The predicted octanol–water partition coefficient (Wildman–Crippen LogP) is 8.13. The molecule has 33 heavy (non-hydrogen) atoms. The molecule has 0 saturated heterocycles. The van der Waals surface area contributed by atoms with Gasteiger partial charge in [-0.25, -0.2) is 9.18 Å². The first kappa shape index (κ1) is 26.7. The Balaban J connectivity index is 1.72. The number of unbranched alkanes of at least 4 members (excludes halogenated alkanes) is 9. The van der Waals surface area contributed by atoms with Gasteiger partial charge in [-0.1, -0.05) is 71.6 Å². The molecule has 0 saturated carbocycles. The molecule has 5 heteroatoms. The summed E-state index contributed by atoms with van der Waals surface area (Å²) in [7, 11) is 0. The van der Waals surface area contributed by atoms with E-state index in [9.17, 15) is 9.18 Å². The lowest BCUT2D eigenvalue weighted by Crippen LogP contribution is -2.09. The molecule has 0 aliphatic heterocycles. The maximum atomic E-state index is 14.2. The third kappa shape index (κ3) is 10.7. The van der Waals surface area contributed by atoms with E-state index in [0.717, 1.165) is 37.9 Å². The van der Waals surface area contributed by atoms with Gasteiger partial charge in [0.15, 0.2) is 11.6 Å². The van der Waals surface area contributed by atoms with Crippen molar-refractivity contribution in [3.05, 3.63) is 53.8 Å². The van der Waals surface area contributed by atoms with Crippen LogP contribution < -0.4 is 14.2 Å². The van der Waals surface area contributed by atoms with Crippen LogP contribution >= 0.6 is 0 Å². The van der Waals surface area contributed by atoms with Gasteiger partial charge in [0.1, 0.15) is 11.5 Å². The summed E-state index contributed by atoms with van der Waals surface area (Å²) < 4.78 is 30.8. The zero-order chi connectivity index (χ0) is 23.7. The fraction of sp³-hybridized carbons (Fsp3) is 0.536. The molecule has 0 aromatic heterocycles. The highest BCUT2D eigenvalue weighted by atomic mass is 19.1. The number of esters is 1. The topological polar surface area (TPSA) is 44.8 Å². The molecule has 182 valence electrons. The van der Waals surface area contributed by atoms with Gasteiger partial charge in [-0.05, 0) is 49.2 Å². The zero-order valence-corrected chi connectivity index (χ0v) is 20.2. The molecular weight excluding hydrogens is 419 g/mol. The number of halogens is 1. The van der Waals surface area contributed by atoms with Crippen LogP contribution in [0.2, 0.25) is 0 Å². The van der Waals surface area contributed by atoms with Crippen LogP contribution in [0.5, 0.6) is 17.2 Å². The van der Waals surface area contributed by atoms with Gasteiger partial charge in [0, 0.05) is 6.07 Å². The second kappa shape index (κ2) is 16.1. The van der Waals surface area contributed by atoms with Crippen LogP contribution in [0.3, 0.4) is 0 Å². The van der Waals surface area contributed by atoms with E-state index in [4.69, 9.17) is 14.2 Å². The Labute approximate surface area is 198 Å². The van der Waals surface area contributed by atoms with Gasteiger partial charge in [-0.15, -0.1) is 0 Å². The summed E-state index contributed by atoms with van der Waals surface area (Å²) in [5.41, 5.74) is 0.384. The Kier molecular flexibility index (Phi) is 13.0. The Bertz CT molecular complexity index is 804. The molecule has 0 aliphatic carbocycles. The smallest absolute Gasteiger partial charge is 0.343 e. The maximum Gasteiger partial charge on any atom is 0.343 e. The highest BCUT2D eigenvalue weighted by Crippen LogP contribution is 2.24. The molecule has 0 radical (unpaired) electrons. The summed E-state index contributed by atoms with van der Waals surface area (Å²) >= 11 is 0. The number of hydrogen-bond donors (Lipinski definition) is 0. The Morgan fingerprint density at radius 1 is 0.697 bits per heavy atom. The third-order valence-corrected chi connectivity index (χ3v) is 5.48. The number of hydrogen-bond acceptors (Lipinski definition) is 4. The van der Waals surface area contributed by atoms with Crippen LogP contribution in [0.15, 0.2) is 42.5 Å². The fourth-order valence-corrected chi connectivity index (χ4v) is 3.48. The lowest BCUT2D eigenvalue weighted by molar-refractivity contribution is 0.0734. The highest BCUT2D eigenvalue weighted by molar-refractivity contribution is 5.91. The summed E-state index contributed by atoms with van der Waals surface area (Å²) in [6, 6.07) is 11.1. The molecule has 0 spiro atoms. The van der Waals surface area contributed by atoms with E-state index in [-0.39, 0.29) is 11.5 Å². The van der Waals surface area contributed by atoms with Gasteiger partial charge in [0.2, 0.25) is 0 Å². The van der Waals surface area contributed by atoms with Gasteiger partial charge in [-0.2, -0.15) is 0 Å². The van der Waals surface area contributed by atoms with E-state index < -0.39 is 11.8 Å². The second-order valence-electron chi connectivity index (χ2n) is 8.39. The lowest BCUT2D eigenvalue weighted by atomic mass is 10.1. The monoisotopic (exact) mass is 458 g/mol. The van der Waals surface area contributed by atoms with Gasteiger partial charge in [0.05, 0.1) is 18.8 Å². The largest absolute Gasteiger partial charge is 0.494 e. The van der Waals surface area contributed by atoms with Crippen molar-refractivity contribution in [1.82, 2.24) is 0 Å². The average Bonchev–Trinajstić information content (AvgIpc) is 2.82. The van der Waals surface area contributed by atoms with Crippen LogP contribution in [0.1, 0.15) is 94.8 Å². The standard InChI is InChI=1S/C28H39FO4/c1-3-5-7-9-10-11-13-20-31-24-16-14-23(15-17-24)28(30)33-25-18-19-27(26(29)22-25)32-21-12-8-6-4-2/h14-19,22H,3-13,20-21H2,1-2H3. The molecule has 0 aliphatic rings. The average molecular weight is 459 g/mol. The van der Waals surface area contributed by atoms with Crippen molar-refractivity contribution in [1.29, 1.82) is 0 Å². The molecule has 2 aromatic rings. The van der Waals surface area contributed by atoms with Crippen molar-refractivity contribution in [3.8, 4) is 17.2 Å². The Morgan fingerprint density at radius 3 is 1.88 bits per heavy atom. The minimum atomic E-state index is -0.540. The molecular formula is C28H39FO4. The lowest BCUT2D eigenvalue weighted by Gasteiger charge is -2.10. The molecule has 0 amide bonds. The van der Waals surface area contributed by atoms with Crippen molar-refractivity contribution in [2.24, 2.45) is 0 Å². The predicted molar refractivity (Wildman–Crippen MR) is 131 cm³/mol. The van der Waals surface area contributed by atoms with Crippen molar-refractivity contribution in [2.45, 2.75) is 84.5 Å². The van der Waals surface area contributed by atoms with E-state index in [1.54, 1.807) is 30.3 Å². The Morgan fingerprint density at radius 2 is 1.24 bits per heavy atom. The van der Waals surface area contributed by atoms with Crippen LogP contribution in [0.4, 0.5) is 4.39 Å². The van der Waals surface area contributed by atoms with Gasteiger partial charge < -0.3 is 14.2 Å². The van der Waals surface area contributed by atoms with E-state index in [1.165, 1.54) is 50.7 Å². The van der Waals surface area contributed by atoms with Gasteiger partial charge >= 0.3 is 5.97 Å². The van der Waals surface area contributed by atoms with Gasteiger partial charge in [0.25, 0.3) is 0 Å². The van der Waals surface area contributed by atoms with E-state index >= 15 is 0 Å². The molecule has 0 fully saturated rings. The maximum absolute atomic E-state index is 14.2. The summed E-state index contributed by atoms with van der Waals surface area (Å²) in [6.07, 6.45) is 12.9. The molecule has 0 N–H and O–H groups in total. The van der Waals surface area contributed by atoms with Crippen molar-refractivity contribution in [2.75, 3.05) is 13.2 Å². The van der Waals surface area contributed by atoms with Crippen LogP contribution in [-0.2, 0) is 0 Å². The van der Waals surface area contributed by atoms with Crippen molar-refractivity contribution >= 4 is 5.97 Å². The number of ether oxygens (including phenoxy) is 3. The van der Waals surface area contributed by atoms with Crippen molar-refractivity contribution in [3.63, 3.8) is 0 Å². The van der Waals surface area contributed by atoms with E-state index in [2.05, 4.69) is 13.8 Å². The first-order chi connectivity index (χ1) is 16.1. The molecule has 0 bridgehead atoms. The van der Waals surface area contributed by atoms with Crippen LogP contribution in [-0.4, -0.2) is 19.2 Å². The second-order valence-corrected chi connectivity index (χ2v) is 8.39. The van der Waals surface area contributed by atoms with Crippen molar-refractivity contribution < 1.29 is 23.4 Å². The SMILES string of the molecule is CCCCCCCCCOc1ccc(C(=O)Oc2ccc(OCCCCCC)c(F)c2)cc1. The normalized spacial score (nSPS) is 10.8. The summed E-state index contributed by atoms with van der Waals surface area (Å²) in [4.78, 5) is 12.4. The molecule has 2 aromatic carbocycles. The third-order valence-electron chi connectivity index (χ3n) is 5.48. The van der Waals surface area contributed by atoms with Gasteiger partial charge in [-0.3, -0.25) is 0 Å². The number of carbonyl (C=O) groups excluding carboxylic acids is 1. The molecule has 0 atom stereocenters. The summed E-state index contributed by atoms with van der Waals surface area (Å²) in [5, 5.41) is 0. The summed E-state index contributed by atoms with van der Waals surface area (Å²) in [5.74, 6) is -0.0287. The fourth-order valence-electron chi connectivity index (χ4n) is 3.48. The zero-order valence-electron chi connectivity index (χ0n) is 20.2.